The van der Waals surface area contributed by atoms with E-state index in [2.05, 4.69) is 36.1 Å². The summed E-state index contributed by atoms with van der Waals surface area (Å²) < 4.78 is 32.5. The topological polar surface area (TPSA) is 97.1 Å². The van der Waals surface area contributed by atoms with Crippen molar-refractivity contribution in [2.75, 3.05) is 7.05 Å². The molecule has 1 atom stereocenters. The Labute approximate surface area is 135 Å². The van der Waals surface area contributed by atoms with Gasteiger partial charge in [0.05, 0.1) is 10.3 Å². The van der Waals surface area contributed by atoms with Crippen molar-refractivity contribution < 1.29 is 12.9 Å². The molecule has 0 saturated carbocycles. The maximum atomic E-state index is 12.0. The molecular weight excluding hydrogens is 380 g/mol. The largest absolute Gasteiger partial charge is 0.338 e. The average Bonchev–Trinajstić information content (AvgIpc) is 3.06. The molecule has 1 unspecified atom stereocenters. The van der Waals surface area contributed by atoms with Gasteiger partial charge in [0.2, 0.25) is 5.89 Å². The van der Waals surface area contributed by atoms with Gasteiger partial charge in [0.15, 0.2) is 5.82 Å². The van der Waals surface area contributed by atoms with E-state index >= 15 is 0 Å². The highest BCUT2D eigenvalue weighted by atomic mass is 79.9. The molecule has 0 aliphatic rings. The van der Waals surface area contributed by atoms with E-state index in [1.165, 1.54) is 6.07 Å². The van der Waals surface area contributed by atoms with Crippen molar-refractivity contribution in [1.29, 1.82) is 0 Å². The van der Waals surface area contributed by atoms with Gasteiger partial charge in [0.25, 0.3) is 10.0 Å². The third-order valence-corrected chi connectivity index (χ3v) is 6.24. The predicted octanol–water partition coefficient (Wildman–Crippen LogP) is 1.52. The SMILES string of the molecule is CNC(C)Cc1noc(CNS(=O)(=O)c2ccc(Br)s2)n1. The lowest BCUT2D eigenvalue weighted by Crippen LogP contribution is -2.24. The Morgan fingerprint density at radius 2 is 2.24 bits per heavy atom. The van der Waals surface area contributed by atoms with Gasteiger partial charge in [-0.25, -0.2) is 13.1 Å². The number of thiophene rings is 1. The molecule has 2 rings (SSSR count). The third kappa shape index (κ3) is 4.58. The standard InChI is InChI=1S/C11H15BrN4O3S2/c1-7(13-2)5-9-15-10(19-16-9)6-14-21(17,18)11-4-3-8(12)20-11/h3-4,7,13-14H,5-6H2,1-2H3. The van der Waals surface area contributed by atoms with Crippen LogP contribution in [0.15, 0.2) is 24.7 Å². The molecule has 0 fully saturated rings. The van der Waals surface area contributed by atoms with Crippen molar-refractivity contribution in [3.63, 3.8) is 0 Å². The minimum absolute atomic E-state index is 0.0290. The van der Waals surface area contributed by atoms with Gasteiger partial charge in [-0.1, -0.05) is 5.16 Å². The maximum Gasteiger partial charge on any atom is 0.250 e. The van der Waals surface area contributed by atoms with E-state index in [1.54, 1.807) is 6.07 Å². The zero-order valence-corrected chi connectivity index (χ0v) is 14.7. The smallest absolute Gasteiger partial charge is 0.250 e. The van der Waals surface area contributed by atoms with Crippen LogP contribution in [0.5, 0.6) is 0 Å². The molecule has 2 heterocycles. The van der Waals surface area contributed by atoms with Gasteiger partial charge >= 0.3 is 0 Å². The second-order valence-corrected chi connectivity index (χ2v) is 8.84. The number of nitrogens with one attached hydrogen (secondary N) is 2. The summed E-state index contributed by atoms with van der Waals surface area (Å²) in [6, 6.07) is 3.43. The van der Waals surface area contributed by atoms with Crippen LogP contribution in [-0.4, -0.2) is 31.6 Å². The molecule has 21 heavy (non-hydrogen) atoms. The van der Waals surface area contributed by atoms with E-state index < -0.39 is 10.0 Å². The van der Waals surface area contributed by atoms with Crippen molar-refractivity contribution in [2.24, 2.45) is 0 Å². The van der Waals surface area contributed by atoms with Crippen LogP contribution in [0.2, 0.25) is 0 Å². The fraction of sp³-hybridized carbons (Fsp3) is 0.455. The predicted molar refractivity (Wildman–Crippen MR) is 82.6 cm³/mol. The summed E-state index contributed by atoms with van der Waals surface area (Å²) in [6.07, 6.45) is 0.616. The number of hydrogen-bond donors (Lipinski definition) is 2. The molecule has 0 saturated heterocycles. The lowest BCUT2D eigenvalue weighted by Gasteiger charge is -2.04. The first-order valence-electron chi connectivity index (χ1n) is 6.14. The summed E-state index contributed by atoms with van der Waals surface area (Å²) in [5.74, 6) is 0.789. The number of likely N-dealkylation sites (N-methyl/N-ethyl adjacent to an activating group) is 1. The van der Waals surface area contributed by atoms with Gasteiger partial charge in [-0.2, -0.15) is 4.98 Å². The van der Waals surface area contributed by atoms with E-state index in [0.29, 0.717) is 12.2 Å². The van der Waals surface area contributed by atoms with Crippen molar-refractivity contribution in [3.05, 3.63) is 27.6 Å². The number of halogens is 1. The van der Waals surface area contributed by atoms with E-state index in [9.17, 15) is 8.42 Å². The van der Waals surface area contributed by atoms with Gasteiger partial charge in [-0.3, -0.25) is 0 Å². The van der Waals surface area contributed by atoms with Crippen LogP contribution >= 0.6 is 27.3 Å². The molecule has 0 bridgehead atoms. The lowest BCUT2D eigenvalue weighted by atomic mass is 10.2. The van der Waals surface area contributed by atoms with Crippen LogP contribution in [0.25, 0.3) is 0 Å². The zero-order chi connectivity index (χ0) is 15.5. The van der Waals surface area contributed by atoms with Crippen LogP contribution in [0.1, 0.15) is 18.6 Å². The van der Waals surface area contributed by atoms with Crippen LogP contribution in [0.3, 0.4) is 0 Å². The maximum absolute atomic E-state index is 12.0. The molecule has 0 radical (unpaired) electrons. The Bertz CT molecular complexity index is 698. The summed E-state index contributed by atoms with van der Waals surface area (Å²) >= 11 is 4.37. The van der Waals surface area contributed by atoms with Crippen LogP contribution < -0.4 is 10.0 Å². The monoisotopic (exact) mass is 394 g/mol. The normalized spacial score (nSPS) is 13.5. The van der Waals surface area contributed by atoms with Gasteiger partial charge in [0, 0.05) is 12.5 Å². The Balaban J connectivity index is 1.97. The number of sulfonamides is 1. The third-order valence-electron chi connectivity index (χ3n) is 2.72. The van der Waals surface area contributed by atoms with Gasteiger partial charge in [-0.15, -0.1) is 11.3 Å². The lowest BCUT2D eigenvalue weighted by molar-refractivity contribution is 0.368. The van der Waals surface area contributed by atoms with Crippen molar-refractivity contribution in [2.45, 2.75) is 30.1 Å². The van der Waals surface area contributed by atoms with Crippen molar-refractivity contribution >= 4 is 37.3 Å². The fourth-order valence-corrected chi connectivity index (χ4v) is 4.52. The summed E-state index contributed by atoms with van der Waals surface area (Å²) in [4.78, 5) is 4.15. The van der Waals surface area contributed by atoms with E-state index in [1.807, 2.05) is 14.0 Å². The molecule has 0 aromatic carbocycles. The van der Waals surface area contributed by atoms with Crippen LogP contribution in [0, 0.1) is 0 Å². The molecule has 116 valence electrons. The molecule has 0 aliphatic heterocycles. The Kier molecular flexibility index (Phi) is 5.49. The molecule has 2 aromatic rings. The van der Waals surface area contributed by atoms with Gasteiger partial charge < -0.3 is 9.84 Å². The molecule has 10 heteroatoms. The first kappa shape index (κ1) is 16.6. The fourth-order valence-electron chi connectivity index (χ4n) is 1.49. The average molecular weight is 395 g/mol. The quantitative estimate of drug-likeness (QED) is 0.738. The number of hydrogen-bond acceptors (Lipinski definition) is 7. The number of rotatable bonds is 7. The minimum Gasteiger partial charge on any atom is -0.338 e. The highest BCUT2D eigenvalue weighted by Gasteiger charge is 2.18. The summed E-state index contributed by atoms with van der Waals surface area (Å²) in [5.41, 5.74) is 0. The van der Waals surface area contributed by atoms with E-state index in [4.69, 9.17) is 4.52 Å². The van der Waals surface area contributed by atoms with E-state index in [0.717, 1.165) is 15.1 Å². The summed E-state index contributed by atoms with van der Waals surface area (Å²) in [6.45, 7) is 1.96. The van der Waals surface area contributed by atoms with Gasteiger partial charge in [-0.05, 0) is 42.0 Å². The Morgan fingerprint density at radius 3 is 2.86 bits per heavy atom. The van der Waals surface area contributed by atoms with Crippen LogP contribution in [-0.2, 0) is 23.0 Å². The molecule has 7 nitrogen and oxygen atoms in total. The second-order valence-electron chi connectivity index (χ2n) is 4.38. The molecule has 0 spiro atoms. The van der Waals surface area contributed by atoms with Gasteiger partial charge in [0.1, 0.15) is 4.21 Å². The van der Waals surface area contributed by atoms with Crippen molar-refractivity contribution in [3.8, 4) is 0 Å². The highest BCUT2D eigenvalue weighted by molar-refractivity contribution is 9.11. The second kappa shape index (κ2) is 6.97. The Morgan fingerprint density at radius 1 is 1.48 bits per heavy atom. The van der Waals surface area contributed by atoms with Crippen molar-refractivity contribution in [1.82, 2.24) is 20.2 Å². The molecule has 0 amide bonds. The summed E-state index contributed by atoms with van der Waals surface area (Å²) in [5, 5.41) is 6.88. The molecule has 0 aliphatic carbocycles. The Hall–Kier alpha value is -0.810. The molecular formula is C11H15BrN4O3S2. The minimum atomic E-state index is -3.56. The number of nitrogens with zero attached hydrogens (tertiary/aromatic N) is 2. The first-order valence-corrected chi connectivity index (χ1v) is 9.23. The highest BCUT2D eigenvalue weighted by Crippen LogP contribution is 2.25. The summed E-state index contributed by atoms with van der Waals surface area (Å²) in [7, 11) is -1.71. The first-order chi connectivity index (χ1) is 9.90. The molecule has 2 N–H and O–H groups in total. The van der Waals surface area contributed by atoms with Crippen LogP contribution in [0.4, 0.5) is 0 Å². The molecule has 2 aromatic heterocycles. The zero-order valence-electron chi connectivity index (χ0n) is 11.5. The van der Waals surface area contributed by atoms with E-state index in [-0.39, 0.29) is 22.7 Å². The number of aromatic nitrogens is 2.